The molecule has 1 rings (SSSR count). The van der Waals surface area contributed by atoms with Gasteiger partial charge >= 0.3 is 11.9 Å². The van der Waals surface area contributed by atoms with E-state index in [4.69, 9.17) is 10.2 Å². The largest absolute Gasteiger partial charge is 0.686 e. The van der Waals surface area contributed by atoms with E-state index < -0.39 is 11.9 Å². The summed E-state index contributed by atoms with van der Waals surface area (Å²) in [5, 5.41) is 22.2. The van der Waals surface area contributed by atoms with Crippen LogP contribution in [-0.4, -0.2) is 109 Å². The molecule has 138 valence electrons. The molecule has 1 saturated heterocycles. The summed E-state index contributed by atoms with van der Waals surface area (Å²) < 4.78 is 0. The molecule has 1 aliphatic heterocycles. The number of carboxylic acids is 2. The van der Waals surface area contributed by atoms with Crippen LogP contribution >= 0.6 is 0 Å². The Kier molecular flexibility index (Phi) is 18.7. The summed E-state index contributed by atoms with van der Waals surface area (Å²) in [5.41, 5.74) is 0. The van der Waals surface area contributed by atoms with Gasteiger partial charge in [0.2, 0.25) is 0 Å². The zero-order valence-corrected chi connectivity index (χ0v) is 20.0. The van der Waals surface area contributed by atoms with Crippen LogP contribution in [-0.2, 0) is 79.8 Å². The van der Waals surface area contributed by atoms with E-state index >= 15 is 0 Å². The zero-order chi connectivity index (χ0) is 17.1. The number of nitrogens with zero attached hydrogens (tertiary/aromatic N) is 4. The van der Waals surface area contributed by atoms with E-state index in [9.17, 15) is 14.4 Å². The second-order valence-electron chi connectivity index (χ2n) is 5.31. The van der Waals surface area contributed by atoms with E-state index in [1.807, 2.05) is 4.90 Å². The summed E-state index contributed by atoms with van der Waals surface area (Å²) in [6.45, 7) is 5.27. The van der Waals surface area contributed by atoms with Gasteiger partial charge in [-0.1, -0.05) is 0 Å². The Labute approximate surface area is 198 Å². The molecular formula is C14H24N4O5Y2-2. The summed E-state index contributed by atoms with van der Waals surface area (Å²) in [6, 6.07) is 0. The summed E-state index contributed by atoms with van der Waals surface area (Å²) >= 11 is 0. The fourth-order valence-electron chi connectivity index (χ4n) is 2.30. The maximum absolute atomic E-state index is 11.0. The Morgan fingerprint density at radius 3 is 2.16 bits per heavy atom. The van der Waals surface area contributed by atoms with Gasteiger partial charge in [-0.2, -0.15) is 0 Å². The molecule has 9 nitrogen and oxygen atoms in total. The number of aliphatic carboxylic acids is 2. The van der Waals surface area contributed by atoms with Gasteiger partial charge in [0.25, 0.3) is 0 Å². The summed E-state index contributed by atoms with van der Waals surface area (Å²) in [5.74, 6) is -1.86. The van der Waals surface area contributed by atoms with Crippen LogP contribution in [0.5, 0.6) is 0 Å². The van der Waals surface area contributed by atoms with Crippen LogP contribution in [0, 0.1) is 6.54 Å². The van der Waals surface area contributed by atoms with Gasteiger partial charge in [0.1, 0.15) is 6.29 Å². The number of rotatable bonds is 6. The third-order valence-electron chi connectivity index (χ3n) is 3.51. The minimum atomic E-state index is -0.935. The smallest absolute Gasteiger partial charge is 0.317 e. The minimum Gasteiger partial charge on any atom is -0.686 e. The van der Waals surface area contributed by atoms with Crippen molar-refractivity contribution in [3.05, 3.63) is 11.9 Å². The van der Waals surface area contributed by atoms with Gasteiger partial charge in [-0.3, -0.25) is 32.5 Å². The first-order valence-corrected chi connectivity index (χ1v) is 7.54. The fourth-order valence-corrected chi connectivity index (χ4v) is 2.30. The van der Waals surface area contributed by atoms with E-state index in [1.165, 1.54) is 0 Å². The minimum absolute atomic E-state index is 0. The van der Waals surface area contributed by atoms with Crippen LogP contribution in [0.25, 0.3) is 5.32 Å². The molecular weight excluding hydrogens is 482 g/mol. The number of aldehydes is 1. The van der Waals surface area contributed by atoms with E-state index in [1.54, 1.807) is 16.3 Å². The molecule has 0 aromatic rings. The predicted molar refractivity (Wildman–Crippen MR) is 83.2 cm³/mol. The van der Waals surface area contributed by atoms with E-state index in [-0.39, 0.29) is 78.5 Å². The van der Waals surface area contributed by atoms with Crippen molar-refractivity contribution in [2.24, 2.45) is 0 Å². The molecule has 11 heteroatoms. The molecule has 0 atom stereocenters. The Hall–Kier alpha value is 0.658. The molecule has 0 bridgehead atoms. The first kappa shape index (κ1) is 27.9. The molecule has 1 heterocycles. The number of carbonyl (C=O) groups excluding carboxylic acids is 1. The van der Waals surface area contributed by atoms with Crippen molar-refractivity contribution < 1.29 is 90.0 Å². The van der Waals surface area contributed by atoms with Crippen molar-refractivity contribution in [2.45, 2.75) is 0 Å². The number of hydrogen-bond acceptors (Lipinski definition) is 6. The average Bonchev–Trinajstić information content (AvgIpc) is 2.46. The number of carboxylic acid groups (broad SMARTS) is 2. The van der Waals surface area contributed by atoms with Crippen LogP contribution in [0.15, 0.2) is 0 Å². The van der Waals surface area contributed by atoms with Crippen molar-refractivity contribution in [3.63, 3.8) is 0 Å². The molecule has 0 spiro atoms. The van der Waals surface area contributed by atoms with E-state index in [0.717, 1.165) is 6.29 Å². The number of carbonyl (C=O) groups is 3. The van der Waals surface area contributed by atoms with Gasteiger partial charge in [0.15, 0.2) is 0 Å². The van der Waals surface area contributed by atoms with Gasteiger partial charge in [-0.15, -0.1) is 6.54 Å². The topological polar surface area (TPSA) is 115 Å². The normalized spacial score (nSPS) is 18.7. The fraction of sp³-hybridized carbons (Fsp3) is 0.714. The van der Waals surface area contributed by atoms with E-state index in [2.05, 4.69) is 5.32 Å². The Morgan fingerprint density at radius 2 is 1.56 bits per heavy atom. The maximum atomic E-state index is 11.0. The van der Waals surface area contributed by atoms with Crippen LogP contribution in [0.2, 0.25) is 0 Å². The summed E-state index contributed by atoms with van der Waals surface area (Å²) in [7, 11) is 0. The Balaban J connectivity index is 0. The van der Waals surface area contributed by atoms with Crippen molar-refractivity contribution in [2.75, 3.05) is 65.4 Å². The Bertz CT molecular complexity index is 403. The molecule has 1 fully saturated rings. The maximum Gasteiger partial charge on any atom is 0.317 e. The second kappa shape index (κ2) is 16.8. The molecule has 0 saturated carbocycles. The van der Waals surface area contributed by atoms with Crippen LogP contribution in [0.1, 0.15) is 0 Å². The van der Waals surface area contributed by atoms with Gasteiger partial charge in [0.05, 0.1) is 19.6 Å². The van der Waals surface area contributed by atoms with Crippen LogP contribution in [0.3, 0.4) is 0 Å². The van der Waals surface area contributed by atoms with Gasteiger partial charge in [-0.05, 0) is 13.1 Å². The molecule has 2 radical (unpaired) electrons. The SMILES string of the molecule is O=CCN1CC[N-]C[CH-]N(CC(=O)O)CCN(CC(=O)O)CC1.[Y].[Y]. The van der Waals surface area contributed by atoms with Gasteiger partial charge in [0, 0.05) is 85.1 Å². The number of hydrogen-bond donors (Lipinski definition) is 2. The Morgan fingerprint density at radius 1 is 0.960 bits per heavy atom. The second-order valence-corrected chi connectivity index (χ2v) is 5.31. The summed E-state index contributed by atoms with van der Waals surface area (Å²) in [6.07, 6.45) is 0.827. The first-order valence-electron chi connectivity index (χ1n) is 7.54. The monoisotopic (exact) mass is 506 g/mol. The van der Waals surface area contributed by atoms with Crippen LogP contribution in [0.4, 0.5) is 0 Å². The molecule has 25 heavy (non-hydrogen) atoms. The molecule has 0 aromatic heterocycles. The van der Waals surface area contributed by atoms with Crippen molar-refractivity contribution >= 4 is 18.2 Å². The quantitative estimate of drug-likeness (QED) is 0.342. The standard InChI is InChI=1S/C14H24N4O5.2Y/c19-10-9-16-3-1-15-2-4-17(11-13(20)21)7-8-18(6-5-16)12-14(22)23;;/h4,10H,1-3,5-9,11-12H2,(H,20,21)(H,22,23);;/q-2;;. The molecule has 0 aliphatic carbocycles. The van der Waals surface area contributed by atoms with Crippen LogP contribution < -0.4 is 0 Å². The van der Waals surface area contributed by atoms with Gasteiger partial charge in [-0.25, -0.2) is 0 Å². The third-order valence-corrected chi connectivity index (χ3v) is 3.51. The molecule has 2 N–H and O–H groups in total. The van der Waals surface area contributed by atoms with Gasteiger partial charge < -0.3 is 25.2 Å². The molecule has 0 aromatic carbocycles. The zero-order valence-electron chi connectivity index (χ0n) is 14.3. The van der Waals surface area contributed by atoms with Crippen molar-refractivity contribution in [1.82, 2.24) is 14.7 Å². The molecule has 1 aliphatic rings. The molecule has 0 amide bonds. The van der Waals surface area contributed by atoms with E-state index in [0.29, 0.717) is 52.4 Å². The van der Waals surface area contributed by atoms with Crippen molar-refractivity contribution in [3.8, 4) is 0 Å². The first-order chi connectivity index (χ1) is 11.0. The van der Waals surface area contributed by atoms with Crippen molar-refractivity contribution in [1.29, 1.82) is 0 Å². The average molecular weight is 506 g/mol. The predicted octanol–water partition coefficient (Wildman–Crippen LogP) is -1.20. The third kappa shape index (κ3) is 14.4. The molecule has 0 unspecified atom stereocenters. The summed E-state index contributed by atoms with van der Waals surface area (Å²) in [4.78, 5) is 37.9.